The van der Waals surface area contributed by atoms with Crippen LogP contribution in [0.25, 0.3) is 0 Å². The van der Waals surface area contributed by atoms with Crippen LogP contribution in [-0.4, -0.2) is 43.9 Å². The van der Waals surface area contributed by atoms with Crippen molar-refractivity contribution in [1.82, 2.24) is 0 Å². The Morgan fingerprint density at radius 3 is 1.10 bits per heavy atom. The van der Waals surface area contributed by atoms with Crippen molar-refractivity contribution in [2.75, 3.05) is 6.26 Å². The zero-order valence-electron chi connectivity index (χ0n) is 8.88. The molecule has 0 spiro atoms. The minimum atomic E-state index is -7.70. The summed E-state index contributed by atoms with van der Waals surface area (Å²) in [4.78, 5) is 0. The summed E-state index contributed by atoms with van der Waals surface area (Å²) in [7, 11) is -6.41. The van der Waals surface area contributed by atoms with Gasteiger partial charge in [-0.15, -0.1) is 0 Å². The maximum absolute atomic E-state index is 12.6. The summed E-state index contributed by atoms with van der Waals surface area (Å²) < 4.78 is 155. The van der Waals surface area contributed by atoms with E-state index in [9.17, 15) is 56.7 Å². The Labute approximate surface area is 103 Å². The molecule has 0 aliphatic heterocycles. The van der Waals surface area contributed by atoms with Gasteiger partial charge in [0.1, 0.15) is 0 Å². The van der Waals surface area contributed by atoms with Gasteiger partial charge in [-0.3, -0.25) is 0 Å². The second-order valence-corrected chi connectivity index (χ2v) is 5.57. The zero-order valence-corrected chi connectivity index (χ0v) is 9.70. The van der Waals surface area contributed by atoms with Gasteiger partial charge in [0, 0.05) is 6.26 Å². The average Bonchev–Trinajstić information content (AvgIpc) is 2.12. The number of alkyl halides is 11. The van der Waals surface area contributed by atoms with Crippen molar-refractivity contribution in [2.45, 2.75) is 29.2 Å². The third-order valence-corrected chi connectivity index (χ3v) is 3.16. The monoisotopic (exact) mass is 348 g/mol. The van der Waals surface area contributed by atoms with Crippen LogP contribution in [0.15, 0.2) is 0 Å². The Morgan fingerprint density at radius 1 is 0.600 bits per heavy atom. The van der Waals surface area contributed by atoms with E-state index in [4.69, 9.17) is 0 Å². The molecule has 0 saturated heterocycles. The van der Waals surface area contributed by atoms with Gasteiger partial charge in [0.15, 0.2) is 0 Å². The minimum absolute atomic E-state index is 0.733. The van der Waals surface area contributed by atoms with Crippen molar-refractivity contribution in [3.05, 3.63) is 0 Å². The second-order valence-electron chi connectivity index (χ2n) is 3.51. The lowest BCUT2D eigenvalue weighted by Gasteiger charge is -2.36. The van der Waals surface area contributed by atoms with Gasteiger partial charge in [-0.2, -0.15) is 48.3 Å². The van der Waals surface area contributed by atoms with E-state index >= 15 is 0 Å². The van der Waals surface area contributed by atoms with E-state index in [1.165, 1.54) is 0 Å². The van der Waals surface area contributed by atoms with E-state index in [1.54, 1.807) is 0 Å². The molecule has 122 valence electrons. The van der Waals surface area contributed by atoms with Crippen LogP contribution in [0.2, 0.25) is 0 Å². The molecule has 0 N–H and O–H groups in total. The van der Waals surface area contributed by atoms with E-state index in [1.807, 2.05) is 0 Å². The van der Waals surface area contributed by atoms with Crippen molar-refractivity contribution in [1.29, 1.82) is 0 Å². The predicted molar refractivity (Wildman–Crippen MR) is 40.7 cm³/mol. The third-order valence-electron chi connectivity index (χ3n) is 1.98. The molecule has 0 aliphatic carbocycles. The van der Waals surface area contributed by atoms with Crippen LogP contribution in [0.5, 0.6) is 0 Å². The van der Waals surface area contributed by atoms with Gasteiger partial charge in [-0.05, 0) is 0 Å². The molecule has 0 aliphatic rings. The number of hydrogen-bond acceptors (Lipinski definition) is 2. The van der Waals surface area contributed by atoms with Crippen LogP contribution in [0.1, 0.15) is 0 Å². The van der Waals surface area contributed by atoms with Crippen molar-refractivity contribution in [2.24, 2.45) is 0 Å². The molecule has 20 heavy (non-hydrogen) atoms. The highest BCUT2D eigenvalue weighted by atomic mass is 32.2. The molecule has 0 saturated carbocycles. The SMILES string of the molecule is CS(=O)(=O)C(F)(F)C(F)(F)C(F)(F)C(F)(F)C(F)(F)F. The molecule has 0 heterocycles. The first-order chi connectivity index (χ1) is 8.25. The lowest BCUT2D eigenvalue weighted by Crippen LogP contribution is -2.67. The summed E-state index contributed by atoms with van der Waals surface area (Å²) in [5.41, 5.74) is 0. The maximum Gasteiger partial charge on any atom is 0.460 e. The molecule has 0 bridgehead atoms. The second kappa shape index (κ2) is 4.34. The molecule has 0 radical (unpaired) electrons. The first kappa shape index (κ1) is 19.2. The predicted octanol–water partition coefficient (Wildman–Crippen LogP) is 3.09. The molecular formula is C6H3F11O2S. The molecule has 0 fully saturated rings. The summed E-state index contributed by atoms with van der Waals surface area (Å²) >= 11 is 0. The largest absolute Gasteiger partial charge is 0.460 e. The molecule has 2 nitrogen and oxygen atoms in total. The fourth-order valence-corrected chi connectivity index (χ4v) is 1.38. The smallest absolute Gasteiger partial charge is 0.223 e. The number of sulfone groups is 1. The number of rotatable bonds is 4. The highest BCUT2D eigenvalue weighted by Gasteiger charge is 2.89. The first-order valence-corrected chi connectivity index (χ1v) is 5.92. The lowest BCUT2D eigenvalue weighted by molar-refractivity contribution is -0.413. The Bertz CT molecular complexity index is 474. The van der Waals surface area contributed by atoms with Crippen LogP contribution in [-0.2, 0) is 9.84 Å². The van der Waals surface area contributed by atoms with Gasteiger partial charge in [-0.25, -0.2) is 8.42 Å². The quantitative estimate of drug-likeness (QED) is 0.732. The third kappa shape index (κ3) is 2.30. The van der Waals surface area contributed by atoms with E-state index in [0.717, 1.165) is 0 Å². The van der Waals surface area contributed by atoms with Crippen molar-refractivity contribution in [3.63, 3.8) is 0 Å². The fraction of sp³-hybridized carbons (Fsp3) is 1.00. The molecule has 0 rings (SSSR count). The molecule has 0 amide bonds. The number of hydrogen-bond donors (Lipinski definition) is 0. The molecule has 0 unspecified atom stereocenters. The normalized spacial score (nSPS) is 16.4. The Balaban J connectivity index is 6.22. The zero-order chi connectivity index (χ0) is 17.0. The Hall–Kier alpha value is -0.820. The highest BCUT2D eigenvalue weighted by molar-refractivity contribution is 7.91. The summed E-state index contributed by atoms with van der Waals surface area (Å²) in [6.07, 6.45) is -8.05. The molecule has 14 heteroatoms. The van der Waals surface area contributed by atoms with Crippen LogP contribution >= 0.6 is 0 Å². The minimum Gasteiger partial charge on any atom is -0.223 e. The van der Waals surface area contributed by atoms with E-state index < -0.39 is 45.3 Å². The van der Waals surface area contributed by atoms with Gasteiger partial charge in [0.2, 0.25) is 9.84 Å². The molecule has 0 aromatic carbocycles. The van der Waals surface area contributed by atoms with Gasteiger partial charge in [-0.1, -0.05) is 0 Å². The fourth-order valence-electron chi connectivity index (χ4n) is 0.791. The van der Waals surface area contributed by atoms with Gasteiger partial charge in [0.25, 0.3) is 0 Å². The van der Waals surface area contributed by atoms with Crippen molar-refractivity contribution >= 4 is 9.84 Å². The van der Waals surface area contributed by atoms with Gasteiger partial charge < -0.3 is 0 Å². The van der Waals surface area contributed by atoms with Crippen molar-refractivity contribution < 1.29 is 56.7 Å². The molecule has 0 aromatic rings. The van der Waals surface area contributed by atoms with Crippen LogP contribution < -0.4 is 0 Å². The van der Waals surface area contributed by atoms with E-state index in [-0.39, 0.29) is 0 Å². The van der Waals surface area contributed by atoms with E-state index in [0.29, 0.717) is 0 Å². The summed E-state index contributed by atoms with van der Waals surface area (Å²) in [6, 6.07) is 0. The summed E-state index contributed by atoms with van der Waals surface area (Å²) in [5, 5.41) is -6.85. The lowest BCUT2D eigenvalue weighted by atomic mass is 10.0. The summed E-state index contributed by atoms with van der Waals surface area (Å²) in [6.45, 7) is 0. The maximum atomic E-state index is 12.6. The first-order valence-electron chi connectivity index (χ1n) is 4.02. The van der Waals surface area contributed by atoms with E-state index in [2.05, 4.69) is 0 Å². The topological polar surface area (TPSA) is 34.1 Å². The highest BCUT2D eigenvalue weighted by Crippen LogP contribution is 2.58. The van der Waals surface area contributed by atoms with Crippen LogP contribution in [0.4, 0.5) is 48.3 Å². The van der Waals surface area contributed by atoms with Crippen LogP contribution in [0, 0.1) is 0 Å². The Morgan fingerprint density at radius 2 is 0.900 bits per heavy atom. The molecule has 0 atom stereocenters. The molecule has 0 aromatic heterocycles. The molecular weight excluding hydrogens is 345 g/mol. The van der Waals surface area contributed by atoms with Crippen LogP contribution in [0.3, 0.4) is 0 Å². The number of halogens is 11. The van der Waals surface area contributed by atoms with Crippen molar-refractivity contribution in [3.8, 4) is 0 Å². The van der Waals surface area contributed by atoms with Gasteiger partial charge in [0.05, 0.1) is 0 Å². The Kier molecular flexibility index (Phi) is 4.16. The van der Waals surface area contributed by atoms with Gasteiger partial charge >= 0.3 is 29.2 Å². The standard InChI is InChI=1S/C6H3F11O2S/c1-20(18,19)6(16,17)4(11,12)2(7,8)3(9,10)5(13,14)15/h1H3. The summed E-state index contributed by atoms with van der Waals surface area (Å²) in [5.74, 6) is -22.8. The average molecular weight is 348 g/mol.